The first-order valence-electron chi connectivity index (χ1n) is 7.19. The average Bonchev–Trinajstić information content (AvgIpc) is 2.88. The molecule has 3 rings (SSSR count). The third-order valence-corrected chi connectivity index (χ3v) is 4.12. The van der Waals surface area contributed by atoms with Crippen LogP contribution >= 0.6 is 12.2 Å². The zero-order valence-corrected chi connectivity index (χ0v) is 13.8. The molecule has 3 aromatic rings. The lowest BCUT2D eigenvalue weighted by Crippen LogP contribution is -2.13. The summed E-state index contributed by atoms with van der Waals surface area (Å²) in [6, 6.07) is 8.81. The number of hydrogen-bond acceptors (Lipinski definition) is 2. The molecule has 0 aliphatic carbocycles. The van der Waals surface area contributed by atoms with Crippen LogP contribution in [0.5, 0.6) is 0 Å². The van der Waals surface area contributed by atoms with E-state index >= 15 is 0 Å². The van der Waals surface area contributed by atoms with Gasteiger partial charge in [0.25, 0.3) is 0 Å². The number of aromatic nitrogens is 2. The summed E-state index contributed by atoms with van der Waals surface area (Å²) >= 11 is 5.20. The molecule has 0 spiro atoms. The summed E-state index contributed by atoms with van der Waals surface area (Å²) in [4.78, 5) is 7.63. The van der Waals surface area contributed by atoms with E-state index in [1.165, 1.54) is 12.1 Å². The monoisotopic (exact) mass is 349 g/mol. The Morgan fingerprint density at radius 1 is 1.12 bits per heavy atom. The summed E-state index contributed by atoms with van der Waals surface area (Å²) in [5, 5.41) is 2.86. The Morgan fingerprint density at radius 3 is 2.54 bits per heavy atom. The second kappa shape index (κ2) is 5.90. The van der Waals surface area contributed by atoms with E-state index in [0.717, 1.165) is 34.3 Å². The van der Waals surface area contributed by atoms with Crippen LogP contribution in [0.4, 0.5) is 19.1 Å². The maximum atomic E-state index is 12.8. The summed E-state index contributed by atoms with van der Waals surface area (Å²) in [6.45, 7) is 3.99. The van der Waals surface area contributed by atoms with Gasteiger partial charge in [-0.05, 0) is 49.2 Å². The van der Waals surface area contributed by atoms with Crippen LogP contribution in [0.1, 0.15) is 22.3 Å². The van der Waals surface area contributed by atoms with Gasteiger partial charge in [0.15, 0.2) is 0 Å². The molecule has 0 bridgehead atoms. The Bertz CT molecular complexity index is 889. The second-order valence-corrected chi connectivity index (χ2v) is 5.98. The number of aromatic amines is 1. The summed E-state index contributed by atoms with van der Waals surface area (Å²) in [7, 11) is 0. The van der Waals surface area contributed by atoms with Crippen molar-refractivity contribution < 1.29 is 13.2 Å². The average molecular weight is 349 g/mol. The topological polar surface area (TPSA) is 40.7 Å². The molecule has 0 radical (unpaired) electrons. The molecule has 0 atom stereocenters. The quantitative estimate of drug-likeness (QED) is 0.641. The normalized spacial score (nSPS) is 11.7. The lowest BCUT2D eigenvalue weighted by atomic mass is 10.1. The molecular formula is C17H14F3N3S. The van der Waals surface area contributed by atoms with Gasteiger partial charge in [0.05, 0.1) is 16.6 Å². The molecule has 0 unspecified atom stereocenters. The summed E-state index contributed by atoms with van der Waals surface area (Å²) in [6.07, 6.45) is -4.40. The molecule has 2 N–H and O–H groups in total. The van der Waals surface area contributed by atoms with Gasteiger partial charge in [-0.3, -0.25) is 0 Å². The van der Waals surface area contributed by atoms with E-state index < -0.39 is 11.7 Å². The number of rotatable bonds is 2. The molecule has 24 heavy (non-hydrogen) atoms. The fourth-order valence-electron chi connectivity index (χ4n) is 2.35. The van der Waals surface area contributed by atoms with Crippen molar-refractivity contribution >= 4 is 34.2 Å². The Balaban J connectivity index is 1.87. The van der Waals surface area contributed by atoms with E-state index in [-0.39, 0.29) is 10.6 Å². The Morgan fingerprint density at radius 2 is 1.83 bits per heavy atom. The number of nitrogens with zero attached hydrogens (tertiary/aromatic N) is 1. The molecule has 7 heteroatoms. The number of anilines is 1. The fourth-order valence-corrected chi connectivity index (χ4v) is 2.57. The maximum Gasteiger partial charge on any atom is 0.416 e. The molecule has 0 saturated carbocycles. The van der Waals surface area contributed by atoms with Gasteiger partial charge in [0.2, 0.25) is 5.95 Å². The summed E-state index contributed by atoms with van der Waals surface area (Å²) in [5.74, 6) is 0.400. The van der Waals surface area contributed by atoms with Crippen molar-refractivity contribution in [2.45, 2.75) is 20.0 Å². The zero-order valence-electron chi connectivity index (χ0n) is 13.0. The number of fused-ring (bicyclic) bond motifs is 1. The van der Waals surface area contributed by atoms with Crippen LogP contribution in [0.15, 0.2) is 36.4 Å². The first-order valence-corrected chi connectivity index (χ1v) is 7.60. The van der Waals surface area contributed by atoms with Crippen molar-refractivity contribution in [3.8, 4) is 0 Å². The van der Waals surface area contributed by atoms with Gasteiger partial charge in [-0.15, -0.1) is 0 Å². The minimum atomic E-state index is -4.40. The first-order chi connectivity index (χ1) is 11.2. The third kappa shape index (κ3) is 3.26. The maximum absolute atomic E-state index is 12.8. The zero-order chi connectivity index (χ0) is 17.5. The van der Waals surface area contributed by atoms with Crippen LogP contribution in [-0.2, 0) is 6.18 Å². The number of nitrogens with one attached hydrogen (secondary N) is 2. The highest BCUT2D eigenvalue weighted by molar-refractivity contribution is 7.81. The van der Waals surface area contributed by atoms with E-state index in [0.29, 0.717) is 5.95 Å². The number of benzene rings is 2. The third-order valence-electron chi connectivity index (χ3n) is 3.78. The molecule has 124 valence electrons. The van der Waals surface area contributed by atoms with Gasteiger partial charge in [-0.25, -0.2) is 4.98 Å². The van der Waals surface area contributed by atoms with Crippen molar-refractivity contribution in [2.75, 3.05) is 5.32 Å². The number of alkyl halides is 3. The molecule has 0 amide bonds. The van der Waals surface area contributed by atoms with Crippen LogP contribution < -0.4 is 5.32 Å². The summed E-state index contributed by atoms with van der Waals surface area (Å²) in [5.41, 5.74) is 3.40. The fraction of sp³-hybridized carbons (Fsp3) is 0.176. The number of imidazole rings is 1. The SMILES string of the molecule is Cc1cc2nc(NC(=S)c3cccc(C(F)(F)F)c3)[nH]c2cc1C. The van der Waals surface area contributed by atoms with Gasteiger partial charge < -0.3 is 10.3 Å². The smallest absolute Gasteiger partial charge is 0.324 e. The summed E-state index contributed by atoms with van der Waals surface area (Å²) < 4.78 is 38.4. The van der Waals surface area contributed by atoms with Crippen LogP contribution in [0.25, 0.3) is 11.0 Å². The number of thiocarbonyl (C=S) groups is 1. The molecule has 0 saturated heterocycles. The lowest BCUT2D eigenvalue weighted by molar-refractivity contribution is -0.137. The molecule has 0 fully saturated rings. The van der Waals surface area contributed by atoms with Crippen LogP contribution in [0.3, 0.4) is 0 Å². The van der Waals surface area contributed by atoms with Gasteiger partial charge in [-0.2, -0.15) is 13.2 Å². The number of hydrogen-bond donors (Lipinski definition) is 2. The van der Waals surface area contributed by atoms with Crippen LogP contribution in [0, 0.1) is 13.8 Å². The van der Waals surface area contributed by atoms with E-state index in [1.54, 1.807) is 0 Å². The molecule has 3 nitrogen and oxygen atoms in total. The Labute approximate surface area is 141 Å². The van der Waals surface area contributed by atoms with Gasteiger partial charge in [-0.1, -0.05) is 24.4 Å². The molecule has 1 heterocycles. The standard InChI is InChI=1S/C17H14F3N3S/c1-9-6-13-14(7-10(9)2)22-16(21-13)23-15(24)11-4-3-5-12(8-11)17(18,19)20/h3-8H,1-2H3,(H2,21,22,23,24). The lowest BCUT2D eigenvalue weighted by Gasteiger charge is -2.09. The molecule has 2 aromatic carbocycles. The highest BCUT2D eigenvalue weighted by atomic mass is 32.1. The highest BCUT2D eigenvalue weighted by Gasteiger charge is 2.30. The van der Waals surface area contributed by atoms with E-state index in [4.69, 9.17) is 12.2 Å². The minimum absolute atomic E-state index is 0.175. The van der Waals surface area contributed by atoms with E-state index in [1.807, 2.05) is 26.0 Å². The van der Waals surface area contributed by atoms with Crippen molar-refractivity contribution in [1.29, 1.82) is 0 Å². The first kappa shape index (κ1) is 16.4. The van der Waals surface area contributed by atoms with E-state index in [9.17, 15) is 13.2 Å². The number of H-pyrrole nitrogens is 1. The van der Waals surface area contributed by atoms with Gasteiger partial charge in [0.1, 0.15) is 4.99 Å². The van der Waals surface area contributed by atoms with Crippen molar-refractivity contribution in [1.82, 2.24) is 9.97 Å². The van der Waals surface area contributed by atoms with Crippen molar-refractivity contribution in [3.05, 3.63) is 58.7 Å². The van der Waals surface area contributed by atoms with Crippen LogP contribution in [0.2, 0.25) is 0 Å². The van der Waals surface area contributed by atoms with Crippen molar-refractivity contribution in [3.63, 3.8) is 0 Å². The highest BCUT2D eigenvalue weighted by Crippen LogP contribution is 2.29. The number of halogens is 3. The van der Waals surface area contributed by atoms with Gasteiger partial charge >= 0.3 is 6.18 Å². The Kier molecular flexibility index (Phi) is 4.04. The van der Waals surface area contributed by atoms with Gasteiger partial charge in [0, 0.05) is 5.56 Å². The molecule has 1 aromatic heterocycles. The van der Waals surface area contributed by atoms with E-state index in [2.05, 4.69) is 15.3 Å². The largest absolute Gasteiger partial charge is 0.416 e. The molecule has 0 aliphatic rings. The predicted octanol–water partition coefficient (Wildman–Crippen LogP) is 4.99. The minimum Gasteiger partial charge on any atom is -0.324 e. The second-order valence-electron chi connectivity index (χ2n) is 5.57. The predicted molar refractivity (Wildman–Crippen MR) is 92.3 cm³/mol. The van der Waals surface area contributed by atoms with Crippen LogP contribution in [-0.4, -0.2) is 15.0 Å². The van der Waals surface area contributed by atoms with Crippen molar-refractivity contribution in [2.24, 2.45) is 0 Å². The molecular weight excluding hydrogens is 335 g/mol. The number of aryl methyl sites for hydroxylation is 2. The molecule has 0 aliphatic heterocycles. The Hall–Kier alpha value is -2.41.